The highest BCUT2D eigenvalue weighted by molar-refractivity contribution is 7.22. The first-order valence-corrected chi connectivity index (χ1v) is 29.0. The lowest BCUT2D eigenvalue weighted by Gasteiger charge is -2.27. The molecule has 0 atom stereocenters. The highest BCUT2D eigenvalue weighted by atomic mass is 32.1. The Kier molecular flexibility index (Phi) is 24.3. The second-order valence-corrected chi connectivity index (χ2v) is 21.0. The van der Waals surface area contributed by atoms with Gasteiger partial charge in [-0.2, -0.15) is 5.10 Å². The number of hydrazone groups is 1. The molecule has 18 heteroatoms. The minimum atomic E-state index is -0.571. The van der Waals surface area contributed by atoms with Gasteiger partial charge in [-0.05, 0) is 188 Å². The number of unbranched alkanes of at least 4 members (excludes halogenated alkanes) is 6. The number of ether oxygens (including phenoxy) is 8. The predicted octanol–water partition coefficient (Wildman–Crippen LogP) is 12.5. The van der Waals surface area contributed by atoms with Gasteiger partial charge in [0.25, 0.3) is 0 Å². The van der Waals surface area contributed by atoms with E-state index in [1.165, 1.54) is 11.3 Å². The summed E-state index contributed by atoms with van der Waals surface area (Å²) >= 11 is 1.51. The smallest absolute Gasteiger partial charge is 0.339 e. The van der Waals surface area contributed by atoms with Gasteiger partial charge in [-0.15, -0.1) is 0 Å². The lowest BCUT2D eigenvalue weighted by atomic mass is 9.87. The number of aromatic nitrogens is 1. The first kappa shape index (κ1) is 60.8. The van der Waals surface area contributed by atoms with Crippen molar-refractivity contribution >= 4 is 68.7 Å². The van der Waals surface area contributed by atoms with Gasteiger partial charge in [0.05, 0.1) is 65.8 Å². The lowest BCUT2D eigenvalue weighted by molar-refractivity contribution is -0.141. The normalized spacial score (nSPS) is 16.9. The van der Waals surface area contributed by atoms with Crippen molar-refractivity contribution < 1.29 is 66.7 Å². The molecule has 0 aliphatic heterocycles. The van der Waals surface area contributed by atoms with E-state index in [2.05, 4.69) is 13.2 Å². The molecule has 1 aromatic heterocycles. The molecular formula is C63H73N3O14S. The van der Waals surface area contributed by atoms with Crippen LogP contribution in [-0.2, 0) is 38.1 Å². The summed E-state index contributed by atoms with van der Waals surface area (Å²) in [5.41, 5.74) is 1.87. The molecule has 0 saturated heterocycles. The number of hydrogen-bond donors (Lipinski definition) is 0. The summed E-state index contributed by atoms with van der Waals surface area (Å²) in [6, 6.07) is 26.4. The van der Waals surface area contributed by atoms with Crippen molar-refractivity contribution in [2.75, 3.05) is 38.0 Å². The lowest BCUT2D eigenvalue weighted by Crippen LogP contribution is -2.30. The summed E-state index contributed by atoms with van der Waals surface area (Å²) in [5.74, 6) is -1.44. The van der Waals surface area contributed by atoms with Crippen molar-refractivity contribution in [1.82, 2.24) is 4.98 Å². The topological polar surface area (TPSA) is 205 Å². The van der Waals surface area contributed by atoms with Gasteiger partial charge in [-0.25, -0.2) is 29.2 Å². The zero-order valence-corrected chi connectivity index (χ0v) is 47.0. The van der Waals surface area contributed by atoms with Gasteiger partial charge in [0.1, 0.15) is 35.2 Å². The van der Waals surface area contributed by atoms with E-state index in [-0.39, 0.29) is 29.3 Å². The molecule has 0 unspecified atom stereocenters. The third-order valence-electron chi connectivity index (χ3n) is 13.9. The molecule has 0 amide bonds. The molecule has 2 aliphatic carbocycles. The van der Waals surface area contributed by atoms with Gasteiger partial charge in [-0.1, -0.05) is 43.6 Å². The highest BCUT2D eigenvalue weighted by Crippen LogP contribution is 2.33. The SMILES string of the molecule is C=CC(=O)OCCCCCCOc1ccc(OC(=O)C2CCC(OC(=O)c3ccc(OC(=O)C4CCC(OC(=O)c5ccc(OCCCCCCOC(=O)C=C)cc5)CC4)cc3/C=N/N(CCC)c3nc4ccccc4s3)CC2)cc1. The molecule has 0 bridgehead atoms. The summed E-state index contributed by atoms with van der Waals surface area (Å²) in [5, 5.41) is 7.30. The summed E-state index contributed by atoms with van der Waals surface area (Å²) in [7, 11) is 0. The van der Waals surface area contributed by atoms with E-state index in [4.69, 9.17) is 48.0 Å². The third-order valence-corrected chi connectivity index (χ3v) is 14.9. The van der Waals surface area contributed by atoms with Gasteiger partial charge in [0, 0.05) is 24.3 Å². The minimum absolute atomic E-state index is 0.232. The van der Waals surface area contributed by atoms with Crippen LogP contribution in [0, 0.1) is 11.8 Å². The van der Waals surface area contributed by atoms with Gasteiger partial charge < -0.3 is 37.9 Å². The van der Waals surface area contributed by atoms with Gasteiger partial charge in [0.2, 0.25) is 5.13 Å². The second kappa shape index (κ2) is 32.4. The third kappa shape index (κ3) is 19.7. The molecule has 0 spiro atoms. The molecule has 0 radical (unpaired) electrons. The maximum Gasteiger partial charge on any atom is 0.339 e. The van der Waals surface area contributed by atoms with Crippen molar-refractivity contribution in [3.8, 4) is 23.0 Å². The minimum Gasteiger partial charge on any atom is -0.494 e. The summed E-state index contributed by atoms with van der Waals surface area (Å²) in [6.07, 6.45) is 14.6. The van der Waals surface area contributed by atoms with Crippen LogP contribution in [0.4, 0.5) is 5.13 Å². The molecule has 430 valence electrons. The van der Waals surface area contributed by atoms with E-state index in [1.54, 1.807) is 78.0 Å². The number of fused-ring (bicyclic) bond motifs is 1. The molecule has 17 nitrogen and oxygen atoms in total. The Bertz CT molecular complexity index is 2870. The number of anilines is 1. The van der Waals surface area contributed by atoms with Crippen LogP contribution in [0.15, 0.2) is 121 Å². The Morgan fingerprint density at radius 1 is 0.593 bits per heavy atom. The Hall–Kier alpha value is -7.86. The molecule has 2 saturated carbocycles. The van der Waals surface area contributed by atoms with Crippen molar-refractivity contribution in [3.05, 3.63) is 133 Å². The molecule has 5 aromatic rings. The monoisotopic (exact) mass is 1130 g/mol. The fourth-order valence-electron chi connectivity index (χ4n) is 9.33. The van der Waals surface area contributed by atoms with Crippen LogP contribution in [0.5, 0.6) is 23.0 Å². The number of carbonyl (C=O) groups is 6. The second-order valence-electron chi connectivity index (χ2n) is 19.9. The highest BCUT2D eigenvalue weighted by Gasteiger charge is 2.32. The van der Waals surface area contributed by atoms with Crippen LogP contribution in [0.2, 0.25) is 0 Å². The van der Waals surface area contributed by atoms with Crippen molar-refractivity contribution in [2.24, 2.45) is 16.9 Å². The van der Waals surface area contributed by atoms with Crippen LogP contribution in [0.25, 0.3) is 10.2 Å². The number of thiazole rings is 1. The van der Waals surface area contributed by atoms with E-state index < -0.39 is 41.9 Å². The van der Waals surface area contributed by atoms with Crippen molar-refractivity contribution in [3.63, 3.8) is 0 Å². The molecule has 2 fully saturated rings. The standard InChI is InChI=1S/C63H73N3O14S/c1-4-37-66(63-65-55-17-11-12-18-56(55)81-63)64-43-47-42-53(80-61(71)46-21-27-50(28-22-46)77-59(69)44-19-25-48(26-20-44)73-38-13-7-9-15-40-75-57(67)5-2)35-36-54(47)62(72)79-51-29-23-45(24-30-51)60(70)78-52-33-31-49(32-34-52)74-39-14-8-10-16-41-76-58(68)6-3/h5-6,11-12,17-20,25-26,31-36,42-43,45-46,50-51H,2-4,7-10,13-16,21-24,27-30,37-41H2,1H3/b64-43+. The number of carbonyl (C=O) groups excluding carboxylic acids is 6. The van der Waals surface area contributed by atoms with Gasteiger partial charge in [0.15, 0.2) is 0 Å². The maximum atomic E-state index is 14.1. The fraction of sp³-hybridized carbons (Fsp3) is 0.429. The summed E-state index contributed by atoms with van der Waals surface area (Å²) < 4.78 is 46.3. The summed E-state index contributed by atoms with van der Waals surface area (Å²) in [6.45, 7) is 11.2. The van der Waals surface area contributed by atoms with Crippen LogP contribution >= 0.6 is 11.3 Å². The molecule has 7 rings (SSSR count). The molecule has 0 N–H and O–H groups in total. The molecular weight excluding hydrogens is 1050 g/mol. The molecule has 81 heavy (non-hydrogen) atoms. The van der Waals surface area contributed by atoms with Crippen LogP contribution < -0.4 is 24.0 Å². The average molecular weight is 1130 g/mol. The number of benzene rings is 4. The summed E-state index contributed by atoms with van der Waals surface area (Å²) in [4.78, 5) is 81.2. The van der Waals surface area contributed by atoms with Crippen LogP contribution in [0.3, 0.4) is 0 Å². The molecule has 1 heterocycles. The van der Waals surface area contributed by atoms with E-state index in [0.717, 1.165) is 80.2 Å². The number of rotatable bonds is 31. The first-order valence-electron chi connectivity index (χ1n) is 28.2. The van der Waals surface area contributed by atoms with E-state index in [0.29, 0.717) is 118 Å². The van der Waals surface area contributed by atoms with E-state index in [9.17, 15) is 28.8 Å². The number of esters is 6. The zero-order chi connectivity index (χ0) is 57.2. The molecule has 4 aromatic carbocycles. The van der Waals surface area contributed by atoms with E-state index >= 15 is 0 Å². The fourth-order valence-corrected chi connectivity index (χ4v) is 10.3. The predicted molar refractivity (Wildman–Crippen MR) is 308 cm³/mol. The first-order chi connectivity index (χ1) is 39.5. The Balaban J connectivity index is 0.887. The number of hydrogen-bond acceptors (Lipinski definition) is 18. The van der Waals surface area contributed by atoms with Crippen molar-refractivity contribution in [2.45, 2.75) is 128 Å². The Morgan fingerprint density at radius 3 is 1.63 bits per heavy atom. The van der Waals surface area contributed by atoms with E-state index in [1.807, 2.05) is 31.2 Å². The van der Waals surface area contributed by atoms with Crippen LogP contribution in [0.1, 0.15) is 142 Å². The quantitative estimate of drug-likeness (QED) is 0.00769. The zero-order valence-electron chi connectivity index (χ0n) is 46.1. The van der Waals surface area contributed by atoms with Crippen LogP contribution in [-0.4, -0.2) is 92.2 Å². The largest absolute Gasteiger partial charge is 0.494 e. The average Bonchev–Trinajstić information content (AvgIpc) is 3.95. The van der Waals surface area contributed by atoms with Gasteiger partial charge in [-0.3, -0.25) is 9.59 Å². The van der Waals surface area contributed by atoms with Gasteiger partial charge >= 0.3 is 35.8 Å². The Morgan fingerprint density at radius 2 is 1.09 bits per heavy atom. The van der Waals surface area contributed by atoms with Crippen molar-refractivity contribution in [1.29, 1.82) is 0 Å². The Labute approximate surface area is 477 Å². The maximum absolute atomic E-state index is 14.1. The number of para-hydroxylation sites is 1. The number of nitrogens with zero attached hydrogens (tertiary/aromatic N) is 3. The molecule has 2 aliphatic rings.